The van der Waals surface area contributed by atoms with E-state index >= 15 is 0 Å². The van der Waals surface area contributed by atoms with Crippen LogP contribution in [0.25, 0.3) is 0 Å². The Morgan fingerprint density at radius 3 is 2.75 bits per heavy atom. The van der Waals surface area contributed by atoms with Gasteiger partial charge in [0, 0.05) is 11.8 Å². The lowest BCUT2D eigenvalue weighted by Crippen LogP contribution is -2.19. The number of amidine groups is 1. The van der Waals surface area contributed by atoms with E-state index in [0.29, 0.717) is 11.3 Å². The van der Waals surface area contributed by atoms with Gasteiger partial charge in [0.1, 0.15) is 0 Å². The maximum atomic E-state index is 13.5. The number of benzene rings is 1. The first-order chi connectivity index (χ1) is 9.63. The van der Waals surface area contributed by atoms with Gasteiger partial charge in [0.05, 0.1) is 17.4 Å². The number of aromatic nitrogens is 1. The monoisotopic (exact) mass is 274 g/mol. The fraction of sp³-hybridized carbons (Fsp3) is 0. The maximum absolute atomic E-state index is 13.5. The minimum atomic E-state index is -0.730. The molecule has 0 radical (unpaired) electrons. The highest BCUT2D eigenvalue weighted by atomic mass is 19.1. The van der Waals surface area contributed by atoms with E-state index in [-0.39, 0.29) is 11.4 Å². The second-order valence-electron chi connectivity index (χ2n) is 3.84. The smallest absolute Gasteiger partial charge is 0.258 e. The van der Waals surface area contributed by atoms with Gasteiger partial charge < -0.3 is 16.3 Å². The van der Waals surface area contributed by atoms with Crippen molar-refractivity contribution in [3.63, 3.8) is 0 Å². The van der Waals surface area contributed by atoms with E-state index < -0.39 is 11.7 Å². The van der Waals surface area contributed by atoms with E-state index in [1.165, 1.54) is 12.3 Å². The largest absolute Gasteiger partial charge is 0.409 e. The molecule has 0 unspecified atom stereocenters. The van der Waals surface area contributed by atoms with Crippen LogP contribution in [0.5, 0.6) is 0 Å². The number of nitrogens with zero attached hydrogens (tertiary/aromatic N) is 2. The third kappa shape index (κ3) is 2.72. The normalized spacial score (nSPS) is 11.2. The Kier molecular flexibility index (Phi) is 3.90. The minimum absolute atomic E-state index is 0.144. The number of halogens is 1. The maximum Gasteiger partial charge on any atom is 0.258 e. The van der Waals surface area contributed by atoms with E-state index in [2.05, 4.69) is 15.5 Å². The van der Waals surface area contributed by atoms with Gasteiger partial charge in [-0.1, -0.05) is 17.3 Å². The second kappa shape index (κ2) is 5.79. The number of nitrogens with one attached hydrogen (secondary N) is 1. The summed E-state index contributed by atoms with van der Waals surface area (Å²) in [4.78, 5) is 15.5. The van der Waals surface area contributed by atoms with Gasteiger partial charge in [-0.25, -0.2) is 4.39 Å². The summed E-state index contributed by atoms with van der Waals surface area (Å²) >= 11 is 0. The van der Waals surface area contributed by atoms with Crippen molar-refractivity contribution in [2.45, 2.75) is 0 Å². The minimum Gasteiger partial charge on any atom is -0.409 e. The first-order valence-corrected chi connectivity index (χ1v) is 5.61. The lowest BCUT2D eigenvalue weighted by atomic mass is 10.1. The summed E-state index contributed by atoms with van der Waals surface area (Å²) in [7, 11) is 0. The van der Waals surface area contributed by atoms with Crippen molar-refractivity contribution >= 4 is 17.4 Å². The number of hydrogen-bond acceptors (Lipinski definition) is 4. The van der Waals surface area contributed by atoms with Gasteiger partial charge in [0.15, 0.2) is 11.7 Å². The summed E-state index contributed by atoms with van der Waals surface area (Å²) in [5.74, 6) is -1.54. The molecule has 2 rings (SSSR count). The highest BCUT2D eigenvalue weighted by molar-refractivity contribution is 6.09. The van der Waals surface area contributed by atoms with Crippen LogP contribution >= 0.6 is 0 Å². The highest BCUT2D eigenvalue weighted by Gasteiger charge is 2.14. The van der Waals surface area contributed by atoms with E-state index in [1.54, 1.807) is 24.3 Å². The van der Waals surface area contributed by atoms with Gasteiger partial charge in [-0.15, -0.1) is 0 Å². The first-order valence-electron chi connectivity index (χ1n) is 5.61. The molecule has 1 aromatic heterocycles. The zero-order valence-corrected chi connectivity index (χ0v) is 10.2. The third-order valence-corrected chi connectivity index (χ3v) is 2.58. The average Bonchev–Trinajstić information content (AvgIpc) is 2.47. The Bertz CT molecular complexity index is 673. The van der Waals surface area contributed by atoms with Gasteiger partial charge in [-0.3, -0.25) is 9.78 Å². The summed E-state index contributed by atoms with van der Waals surface area (Å²) in [6, 6.07) is 7.71. The number of rotatable bonds is 3. The standard InChI is InChI=1S/C13H11FN4O2/c14-10-7-16-6-5-8(10)13(19)17-11-4-2-1-3-9(11)12(15)18-20/h1-7,20H,(H2,15,18)(H,17,19). The lowest BCUT2D eigenvalue weighted by Gasteiger charge is -2.10. The van der Waals surface area contributed by atoms with E-state index in [4.69, 9.17) is 10.9 Å². The molecule has 102 valence electrons. The Balaban J connectivity index is 2.32. The molecule has 1 amide bonds. The lowest BCUT2D eigenvalue weighted by molar-refractivity contribution is 0.102. The molecule has 0 atom stereocenters. The molecule has 0 saturated heterocycles. The number of pyridine rings is 1. The topological polar surface area (TPSA) is 101 Å². The van der Waals surface area contributed by atoms with Crippen LogP contribution in [-0.4, -0.2) is 21.9 Å². The fourth-order valence-corrected chi connectivity index (χ4v) is 1.62. The predicted octanol–water partition coefficient (Wildman–Crippen LogP) is 1.57. The van der Waals surface area contributed by atoms with Gasteiger partial charge in [-0.05, 0) is 18.2 Å². The molecule has 2 aromatic rings. The van der Waals surface area contributed by atoms with Crippen molar-refractivity contribution < 1.29 is 14.4 Å². The van der Waals surface area contributed by atoms with Crippen LogP contribution in [0.4, 0.5) is 10.1 Å². The van der Waals surface area contributed by atoms with Gasteiger partial charge in [0.2, 0.25) is 0 Å². The van der Waals surface area contributed by atoms with Crippen molar-refractivity contribution in [1.82, 2.24) is 4.98 Å². The number of hydrogen-bond donors (Lipinski definition) is 3. The molecule has 7 heteroatoms. The molecule has 0 spiro atoms. The van der Waals surface area contributed by atoms with Crippen molar-refractivity contribution in [3.05, 3.63) is 59.7 Å². The number of nitrogens with two attached hydrogens (primary N) is 1. The number of carbonyl (C=O) groups is 1. The number of amides is 1. The molecule has 4 N–H and O–H groups in total. The molecule has 0 bridgehead atoms. The number of para-hydroxylation sites is 1. The van der Waals surface area contributed by atoms with Crippen molar-refractivity contribution in [1.29, 1.82) is 0 Å². The van der Waals surface area contributed by atoms with Crippen LogP contribution in [0.3, 0.4) is 0 Å². The van der Waals surface area contributed by atoms with Crippen LogP contribution in [-0.2, 0) is 0 Å². The zero-order valence-electron chi connectivity index (χ0n) is 10.2. The molecule has 1 aromatic carbocycles. The van der Waals surface area contributed by atoms with Crippen molar-refractivity contribution in [3.8, 4) is 0 Å². The van der Waals surface area contributed by atoms with Crippen molar-refractivity contribution in [2.24, 2.45) is 10.9 Å². The Morgan fingerprint density at radius 1 is 1.30 bits per heavy atom. The average molecular weight is 274 g/mol. The molecule has 0 saturated carbocycles. The van der Waals surface area contributed by atoms with E-state index in [9.17, 15) is 9.18 Å². The fourth-order valence-electron chi connectivity index (χ4n) is 1.62. The summed E-state index contributed by atoms with van der Waals surface area (Å²) in [6.45, 7) is 0. The molecule has 0 aliphatic carbocycles. The number of carbonyl (C=O) groups excluding carboxylic acids is 1. The quantitative estimate of drug-likeness (QED) is 0.342. The third-order valence-electron chi connectivity index (χ3n) is 2.58. The summed E-state index contributed by atoms with van der Waals surface area (Å²) in [5, 5.41) is 14.1. The number of anilines is 1. The molecule has 1 heterocycles. The Morgan fingerprint density at radius 2 is 2.05 bits per heavy atom. The van der Waals surface area contributed by atoms with Crippen molar-refractivity contribution in [2.75, 3.05) is 5.32 Å². The molecule has 0 aliphatic heterocycles. The van der Waals surface area contributed by atoms with Gasteiger partial charge >= 0.3 is 0 Å². The summed E-state index contributed by atoms with van der Waals surface area (Å²) in [6.07, 6.45) is 2.26. The molecule has 20 heavy (non-hydrogen) atoms. The van der Waals surface area contributed by atoms with E-state index in [0.717, 1.165) is 6.20 Å². The molecular weight excluding hydrogens is 263 g/mol. The zero-order chi connectivity index (χ0) is 14.5. The summed E-state index contributed by atoms with van der Waals surface area (Å²) < 4.78 is 13.5. The first kappa shape index (κ1) is 13.5. The number of oxime groups is 1. The molecule has 0 aliphatic rings. The Labute approximate surface area is 113 Å². The van der Waals surface area contributed by atoms with Crippen LogP contribution < -0.4 is 11.1 Å². The molecule has 6 nitrogen and oxygen atoms in total. The van der Waals surface area contributed by atoms with Gasteiger partial charge in [0.25, 0.3) is 5.91 Å². The van der Waals surface area contributed by atoms with Crippen LogP contribution in [0.2, 0.25) is 0 Å². The SMILES string of the molecule is NC(=NO)c1ccccc1NC(=O)c1ccncc1F. The van der Waals surface area contributed by atoms with Crippen LogP contribution in [0.1, 0.15) is 15.9 Å². The molecular formula is C13H11FN4O2. The van der Waals surface area contributed by atoms with Gasteiger partial charge in [-0.2, -0.15) is 0 Å². The highest BCUT2D eigenvalue weighted by Crippen LogP contribution is 2.16. The summed E-state index contributed by atoms with van der Waals surface area (Å²) in [5.41, 5.74) is 6.00. The Hall–Kier alpha value is -2.96. The van der Waals surface area contributed by atoms with Crippen LogP contribution in [0.15, 0.2) is 47.9 Å². The second-order valence-corrected chi connectivity index (χ2v) is 3.84. The predicted molar refractivity (Wildman–Crippen MR) is 71.1 cm³/mol. The van der Waals surface area contributed by atoms with E-state index in [1.807, 2.05) is 0 Å². The molecule has 0 fully saturated rings. The van der Waals surface area contributed by atoms with Crippen LogP contribution in [0, 0.1) is 5.82 Å².